The lowest BCUT2D eigenvalue weighted by atomic mass is 10.0. The van der Waals surface area contributed by atoms with Crippen molar-refractivity contribution in [1.29, 1.82) is 0 Å². The molecule has 0 bridgehead atoms. The molecule has 0 aromatic heterocycles. The third-order valence-corrected chi connectivity index (χ3v) is 5.13. The zero-order chi connectivity index (χ0) is 13.9. The Labute approximate surface area is 123 Å². The fourth-order valence-corrected chi connectivity index (χ4v) is 3.96. The van der Waals surface area contributed by atoms with E-state index in [2.05, 4.69) is 0 Å². The van der Waals surface area contributed by atoms with Crippen LogP contribution in [0.5, 0.6) is 11.5 Å². The van der Waals surface area contributed by atoms with Crippen LogP contribution >= 0.6 is 0 Å². The molecular weight excluding hydrogens is 272 g/mol. The van der Waals surface area contributed by atoms with E-state index >= 15 is 0 Å². The maximum absolute atomic E-state index is 11.5. The van der Waals surface area contributed by atoms with Crippen molar-refractivity contribution in [3.05, 3.63) is 29.2 Å². The SMILES string of the molecule is COc1ccc(C2=C[S+]([O-])CC2)cc1OC1CCCC1. The fraction of sp³-hybridized carbons (Fsp3) is 0.500. The number of benzene rings is 1. The van der Waals surface area contributed by atoms with Gasteiger partial charge in [-0.1, -0.05) is 6.07 Å². The van der Waals surface area contributed by atoms with Gasteiger partial charge < -0.3 is 14.0 Å². The van der Waals surface area contributed by atoms with Crippen molar-refractivity contribution in [3.8, 4) is 11.5 Å². The third kappa shape index (κ3) is 2.96. The summed E-state index contributed by atoms with van der Waals surface area (Å²) in [6.45, 7) is 0. The van der Waals surface area contributed by atoms with Gasteiger partial charge in [0.2, 0.25) is 0 Å². The van der Waals surface area contributed by atoms with Crippen LogP contribution in [0, 0.1) is 0 Å². The normalized spacial score (nSPS) is 22.9. The second-order valence-electron chi connectivity index (χ2n) is 5.37. The van der Waals surface area contributed by atoms with Crippen molar-refractivity contribution in [2.75, 3.05) is 12.9 Å². The number of allylic oxidation sites excluding steroid dienone is 1. The van der Waals surface area contributed by atoms with Gasteiger partial charge in [0.05, 0.1) is 13.2 Å². The van der Waals surface area contributed by atoms with Gasteiger partial charge in [-0.3, -0.25) is 0 Å². The van der Waals surface area contributed by atoms with Gasteiger partial charge in [0, 0.05) is 12.0 Å². The van der Waals surface area contributed by atoms with Gasteiger partial charge in [-0.05, 0) is 54.6 Å². The van der Waals surface area contributed by atoms with Gasteiger partial charge in [-0.15, -0.1) is 0 Å². The summed E-state index contributed by atoms with van der Waals surface area (Å²) >= 11 is -0.805. The monoisotopic (exact) mass is 292 g/mol. The molecule has 2 aliphatic rings. The number of ether oxygens (including phenoxy) is 2. The van der Waals surface area contributed by atoms with Crippen molar-refractivity contribution in [2.24, 2.45) is 0 Å². The zero-order valence-electron chi connectivity index (χ0n) is 11.8. The molecule has 0 N–H and O–H groups in total. The Hall–Kier alpha value is -1.13. The summed E-state index contributed by atoms with van der Waals surface area (Å²) < 4.78 is 23.0. The molecule has 0 saturated heterocycles. The van der Waals surface area contributed by atoms with E-state index in [4.69, 9.17) is 9.47 Å². The highest BCUT2D eigenvalue weighted by Crippen LogP contribution is 2.36. The predicted molar refractivity (Wildman–Crippen MR) is 81.5 cm³/mol. The van der Waals surface area contributed by atoms with Crippen LogP contribution in [0.15, 0.2) is 23.6 Å². The molecule has 0 amide bonds. The molecule has 108 valence electrons. The molecule has 4 heteroatoms. The van der Waals surface area contributed by atoms with Crippen LogP contribution in [0.1, 0.15) is 37.7 Å². The first kappa shape index (κ1) is 13.8. The van der Waals surface area contributed by atoms with Crippen LogP contribution in [0.25, 0.3) is 5.57 Å². The second kappa shape index (κ2) is 6.10. The summed E-state index contributed by atoms with van der Waals surface area (Å²) in [4.78, 5) is 0. The molecule has 3 nitrogen and oxygen atoms in total. The lowest BCUT2D eigenvalue weighted by Gasteiger charge is -2.16. The summed E-state index contributed by atoms with van der Waals surface area (Å²) in [7, 11) is 1.67. The van der Waals surface area contributed by atoms with E-state index in [1.54, 1.807) is 7.11 Å². The molecule has 1 unspecified atom stereocenters. The number of methoxy groups -OCH3 is 1. The fourth-order valence-electron chi connectivity index (χ4n) is 2.85. The van der Waals surface area contributed by atoms with Crippen molar-refractivity contribution in [1.82, 2.24) is 0 Å². The van der Waals surface area contributed by atoms with Crippen LogP contribution in [0.4, 0.5) is 0 Å². The van der Waals surface area contributed by atoms with Gasteiger partial charge in [0.25, 0.3) is 0 Å². The summed E-state index contributed by atoms with van der Waals surface area (Å²) in [5, 5.41) is 1.86. The molecule has 1 atom stereocenters. The minimum atomic E-state index is -0.805. The average Bonchev–Trinajstić information content (AvgIpc) is 3.10. The van der Waals surface area contributed by atoms with Crippen molar-refractivity contribution < 1.29 is 14.0 Å². The van der Waals surface area contributed by atoms with Crippen LogP contribution in [-0.4, -0.2) is 23.5 Å². The Bertz CT molecular complexity index is 506. The van der Waals surface area contributed by atoms with E-state index in [1.165, 1.54) is 12.8 Å². The Morgan fingerprint density at radius 2 is 2.00 bits per heavy atom. The molecule has 0 radical (unpaired) electrons. The van der Waals surface area contributed by atoms with E-state index in [1.807, 2.05) is 23.6 Å². The summed E-state index contributed by atoms with van der Waals surface area (Å²) in [6, 6.07) is 6.00. The highest BCUT2D eigenvalue weighted by Gasteiger charge is 2.21. The highest BCUT2D eigenvalue weighted by molar-refractivity contribution is 7.94. The molecule has 20 heavy (non-hydrogen) atoms. The van der Waals surface area contributed by atoms with Crippen LogP contribution < -0.4 is 9.47 Å². The summed E-state index contributed by atoms with van der Waals surface area (Å²) in [6.07, 6.45) is 5.93. The maximum atomic E-state index is 11.5. The third-order valence-electron chi connectivity index (χ3n) is 3.98. The van der Waals surface area contributed by atoms with Crippen molar-refractivity contribution in [2.45, 2.75) is 38.2 Å². The second-order valence-corrected chi connectivity index (χ2v) is 6.77. The van der Waals surface area contributed by atoms with Gasteiger partial charge >= 0.3 is 0 Å². The van der Waals surface area contributed by atoms with Gasteiger partial charge in [0.1, 0.15) is 11.2 Å². The predicted octanol–water partition coefficient (Wildman–Crippen LogP) is 3.51. The Balaban J connectivity index is 1.84. The van der Waals surface area contributed by atoms with Gasteiger partial charge in [-0.2, -0.15) is 0 Å². The van der Waals surface area contributed by atoms with Gasteiger partial charge in [-0.25, -0.2) is 0 Å². The Morgan fingerprint density at radius 1 is 1.20 bits per heavy atom. The van der Waals surface area contributed by atoms with E-state index < -0.39 is 11.2 Å². The minimum Gasteiger partial charge on any atom is -0.612 e. The Morgan fingerprint density at radius 3 is 2.65 bits per heavy atom. The van der Waals surface area contributed by atoms with Crippen LogP contribution in [0.2, 0.25) is 0 Å². The molecule has 3 rings (SSSR count). The number of rotatable bonds is 4. The number of hydrogen-bond donors (Lipinski definition) is 0. The molecule has 0 spiro atoms. The topological polar surface area (TPSA) is 41.5 Å². The summed E-state index contributed by atoms with van der Waals surface area (Å²) in [5.74, 6) is 2.33. The molecule has 1 saturated carbocycles. The first-order valence-electron chi connectivity index (χ1n) is 7.19. The average molecular weight is 292 g/mol. The van der Waals surface area contributed by atoms with E-state index in [0.29, 0.717) is 6.10 Å². The van der Waals surface area contributed by atoms with Crippen molar-refractivity contribution in [3.63, 3.8) is 0 Å². The lowest BCUT2D eigenvalue weighted by molar-refractivity contribution is 0.200. The van der Waals surface area contributed by atoms with E-state index in [-0.39, 0.29) is 0 Å². The largest absolute Gasteiger partial charge is 0.612 e. The first-order chi connectivity index (χ1) is 9.76. The molecule has 1 aliphatic carbocycles. The van der Waals surface area contributed by atoms with E-state index in [9.17, 15) is 4.55 Å². The number of hydrogen-bond acceptors (Lipinski definition) is 3. The standard InChI is InChI=1S/C16H20O3S/c1-18-15-7-6-12(13-8-9-20(17)11-13)10-16(15)19-14-4-2-3-5-14/h6-7,10-11,14H,2-5,8-9H2,1H3. The molecule has 1 aliphatic heterocycles. The minimum absolute atomic E-state index is 0.311. The maximum Gasteiger partial charge on any atom is 0.162 e. The molecular formula is C16H20O3S. The smallest absolute Gasteiger partial charge is 0.162 e. The quantitative estimate of drug-likeness (QED) is 0.797. The Kier molecular flexibility index (Phi) is 4.22. The van der Waals surface area contributed by atoms with E-state index in [0.717, 1.165) is 47.7 Å². The molecule has 1 fully saturated rings. The summed E-state index contributed by atoms with van der Waals surface area (Å²) in [5.41, 5.74) is 2.26. The van der Waals surface area contributed by atoms with Gasteiger partial charge in [0.15, 0.2) is 11.5 Å². The van der Waals surface area contributed by atoms with Crippen LogP contribution in [-0.2, 0) is 11.2 Å². The van der Waals surface area contributed by atoms with Crippen molar-refractivity contribution >= 4 is 16.7 Å². The first-order valence-corrected chi connectivity index (χ1v) is 8.57. The molecule has 1 heterocycles. The van der Waals surface area contributed by atoms with Crippen LogP contribution in [0.3, 0.4) is 0 Å². The highest BCUT2D eigenvalue weighted by atomic mass is 32.2. The lowest BCUT2D eigenvalue weighted by Crippen LogP contribution is -2.11. The molecule has 1 aromatic carbocycles. The zero-order valence-corrected chi connectivity index (χ0v) is 12.6. The molecule has 1 aromatic rings.